The second-order valence-electron chi connectivity index (χ2n) is 6.45. The predicted octanol–water partition coefficient (Wildman–Crippen LogP) is 4.22. The van der Waals surface area contributed by atoms with Crippen molar-refractivity contribution in [2.45, 2.75) is 45.3 Å². The molecule has 2 aliphatic heterocycles. The monoisotopic (exact) mass is 436 g/mol. The van der Waals surface area contributed by atoms with Gasteiger partial charge in [-0.15, -0.1) is 5.69 Å². The summed E-state index contributed by atoms with van der Waals surface area (Å²) in [4.78, 5) is 13.3. The van der Waals surface area contributed by atoms with Crippen LogP contribution in [0.25, 0.3) is 0 Å². The van der Waals surface area contributed by atoms with Gasteiger partial charge in [-0.05, 0) is 37.5 Å². The zero-order valence-electron chi connectivity index (χ0n) is 15.7. The van der Waals surface area contributed by atoms with Crippen LogP contribution in [0.4, 0.5) is 0 Å². The first-order chi connectivity index (χ1) is 13.0. The van der Waals surface area contributed by atoms with E-state index in [0.29, 0.717) is 11.5 Å². The van der Waals surface area contributed by atoms with Crippen molar-refractivity contribution in [3.8, 4) is 0 Å². The number of ether oxygens (including phenoxy) is 1. The zero-order chi connectivity index (χ0) is 19.9. The normalized spacial score (nSPS) is 22.7. The van der Waals surface area contributed by atoms with Crippen molar-refractivity contribution >= 4 is 21.5 Å². The third kappa shape index (κ3) is 5.45. The van der Waals surface area contributed by atoms with Gasteiger partial charge in [0.15, 0.2) is 5.72 Å². The molecule has 7 heteroatoms. The predicted molar refractivity (Wildman–Crippen MR) is 106 cm³/mol. The van der Waals surface area contributed by atoms with Crippen LogP contribution in [-0.4, -0.2) is 29.4 Å². The average molecular weight is 437 g/mol. The summed E-state index contributed by atoms with van der Waals surface area (Å²) in [6, 6.07) is 3.79. The average Bonchev–Trinajstić information content (AvgIpc) is 3.36. The van der Waals surface area contributed by atoms with Crippen LogP contribution in [-0.2, 0) is 19.8 Å². The van der Waals surface area contributed by atoms with E-state index in [4.69, 9.17) is 4.74 Å². The Morgan fingerprint density at radius 2 is 2.11 bits per heavy atom. The van der Waals surface area contributed by atoms with E-state index in [2.05, 4.69) is 47.1 Å². The fraction of sp³-hybridized carbons (Fsp3) is 0.400. The Labute approximate surface area is 173 Å². The van der Waals surface area contributed by atoms with Gasteiger partial charge in [-0.1, -0.05) is 31.9 Å². The maximum absolute atomic E-state index is 10.5. The molecule has 2 aliphatic rings. The first-order valence-corrected chi connectivity index (χ1v) is 10.1. The summed E-state index contributed by atoms with van der Waals surface area (Å²) < 4.78 is 5.43. The molecule has 0 saturated heterocycles. The van der Waals surface area contributed by atoms with Crippen molar-refractivity contribution in [2.75, 3.05) is 7.11 Å². The quantitative estimate of drug-likeness (QED) is 0.513. The molecule has 0 saturated carbocycles. The zero-order valence-corrected chi connectivity index (χ0v) is 17.4. The van der Waals surface area contributed by atoms with Crippen molar-refractivity contribution < 1.29 is 24.9 Å². The van der Waals surface area contributed by atoms with Crippen LogP contribution >= 0.6 is 10.1 Å². The molecule has 0 bridgehead atoms. The summed E-state index contributed by atoms with van der Waals surface area (Å²) in [5, 5.41) is 10.5. The molecule has 0 aromatic carbocycles. The Bertz CT molecular complexity index is 790. The fourth-order valence-corrected chi connectivity index (χ4v) is 3.02. The molecule has 27 heavy (non-hydrogen) atoms. The van der Waals surface area contributed by atoms with E-state index in [1.54, 1.807) is 20.2 Å². The van der Waals surface area contributed by atoms with Crippen LogP contribution in [0.15, 0.2) is 63.6 Å². The van der Waals surface area contributed by atoms with Gasteiger partial charge in [-0.2, -0.15) is 6.20 Å². The van der Waals surface area contributed by atoms with Crippen molar-refractivity contribution in [3.05, 3.63) is 59.3 Å². The first-order valence-electron chi connectivity index (χ1n) is 8.82. The minimum atomic E-state index is -1.13. The summed E-state index contributed by atoms with van der Waals surface area (Å²) in [5.41, 5.74) is 2.82. The Morgan fingerprint density at radius 3 is 2.74 bits per heavy atom. The number of aliphatic imine (C=N–C) groups is 2. The van der Waals surface area contributed by atoms with Gasteiger partial charge in [0, 0.05) is 6.08 Å². The molecule has 149 valence electrons. The van der Waals surface area contributed by atoms with Crippen molar-refractivity contribution in [1.82, 2.24) is 4.98 Å². The van der Waals surface area contributed by atoms with E-state index in [9.17, 15) is 5.11 Å². The van der Waals surface area contributed by atoms with Crippen LogP contribution in [0.1, 0.15) is 45.2 Å². The van der Waals surface area contributed by atoms with Crippen LogP contribution in [0, 0.1) is 0 Å². The number of unbranched alkanes of at least 4 members (excludes halogenated alkanes) is 2. The minimum absolute atomic E-state index is 0.674. The number of methoxy groups -OCH3 is 1. The molecule has 0 amide bonds. The molecule has 1 atom stereocenters. The van der Waals surface area contributed by atoms with Gasteiger partial charge < -0.3 is 14.8 Å². The van der Waals surface area contributed by atoms with Crippen LogP contribution < -0.4 is 4.98 Å². The van der Waals surface area contributed by atoms with Gasteiger partial charge in [0.2, 0.25) is 0 Å². The van der Waals surface area contributed by atoms with E-state index in [0.717, 1.165) is 48.4 Å². The summed E-state index contributed by atoms with van der Waals surface area (Å²) in [6.07, 6.45) is 11.7. The Morgan fingerprint density at radius 1 is 1.33 bits per heavy atom. The van der Waals surface area contributed by atoms with Gasteiger partial charge in [0.05, 0.1) is 18.5 Å². The second kappa shape index (κ2) is 10.1. The van der Waals surface area contributed by atoms with Crippen molar-refractivity contribution in [1.29, 1.82) is 0 Å². The van der Waals surface area contributed by atoms with Crippen molar-refractivity contribution in [3.63, 3.8) is 0 Å². The van der Waals surface area contributed by atoms with E-state index in [1.807, 2.05) is 30.4 Å². The van der Waals surface area contributed by atoms with Crippen LogP contribution in [0.3, 0.4) is 0 Å². The number of aliphatic hydroxyl groups is 1. The Balaban J connectivity index is 0.00000126. The number of halogens is 1. The topological polar surface area (TPSA) is 68.3 Å². The third-order valence-electron chi connectivity index (χ3n) is 4.41. The molecule has 3 heterocycles. The van der Waals surface area contributed by atoms with Crippen LogP contribution in [0.2, 0.25) is 0 Å². The maximum atomic E-state index is 10.5. The molecule has 5 nitrogen and oxygen atoms in total. The SMILES string of the molecule is CCCCCC1=CC(C=C2N=C(c3ccc[n-]3)C=C2OC)=NC1(C)O.[Cl][Cu+]. The molecule has 1 unspecified atom stereocenters. The molecule has 1 aromatic rings. The first kappa shape index (κ1) is 21.7. The molecule has 0 aliphatic carbocycles. The molecular weight excluding hydrogens is 413 g/mol. The molecular formula is C20H24ClCuN3O2. The molecule has 0 spiro atoms. The Kier molecular flexibility index (Phi) is 8.11. The number of nitrogens with zero attached hydrogens (tertiary/aromatic N) is 3. The summed E-state index contributed by atoms with van der Waals surface area (Å²) in [7, 11) is 5.82. The number of allylic oxidation sites excluding steroid dienone is 3. The number of hydrogen-bond acceptors (Lipinski definition) is 4. The summed E-state index contributed by atoms with van der Waals surface area (Å²) in [5.74, 6) is 0.674. The van der Waals surface area contributed by atoms with Crippen LogP contribution in [0.5, 0.6) is 0 Å². The molecule has 0 fully saturated rings. The van der Waals surface area contributed by atoms with Gasteiger partial charge in [-0.25, -0.2) is 9.98 Å². The summed E-state index contributed by atoms with van der Waals surface area (Å²) >= 11 is 3.66. The number of rotatable bonds is 7. The standard InChI is InChI=1S/C20H24N3O2.ClH.Cu/c1-4-5-6-8-14-11-15(23-20(14,2)24)12-18-19(25-3)13-17(22-18)16-9-7-10-21-16;;/h7,9-13,24H,4-6,8H2,1-3H3;1H;/q-1;;+2/p-1. The summed E-state index contributed by atoms with van der Waals surface area (Å²) in [6.45, 7) is 3.91. The van der Waals surface area contributed by atoms with Gasteiger partial charge in [0.25, 0.3) is 0 Å². The van der Waals surface area contributed by atoms with Gasteiger partial charge in [0.1, 0.15) is 11.5 Å². The third-order valence-corrected chi connectivity index (χ3v) is 4.41. The van der Waals surface area contributed by atoms with E-state index >= 15 is 0 Å². The van der Waals surface area contributed by atoms with E-state index in [1.165, 1.54) is 0 Å². The van der Waals surface area contributed by atoms with Gasteiger partial charge in [-0.3, -0.25) is 0 Å². The van der Waals surface area contributed by atoms with E-state index < -0.39 is 5.72 Å². The van der Waals surface area contributed by atoms with Crippen molar-refractivity contribution in [2.24, 2.45) is 9.98 Å². The molecule has 1 N–H and O–H groups in total. The Hall–Kier alpha value is -1.59. The fourth-order valence-electron chi connectivity index (χ4n) is 3.02. The number of hydrogen-bond donors (Lipinski definition) is 1. The molecule has 1 aromatic heterocycles. The molecule has 0 radical (unpaired) electrons. The molecule has 3 rings (SSSR count). The van der Waals surface area contributed by atoms with E-state index in [-0.39, 0.29) is 0 Å². The van der Waals surface area contributed by atoms with Gasteiger partial charge >= 0.3 is 25.2 Å². The number of aromatic nitrogens is 1. The second-order valence-corrected chi connectivity index (χ2v) is 6.45.